The Bertz CT molecular complexity index is 196. The maximum absolute atomic E-state index is 5.97. The molecule has 0 aromatic rings. The van der Waals surface area contributed by atoms with E-state index in [-0.39, 0.29) is 0 Å². The van der Waals surface area contributed by atoms with E-state index in [9.17, 15) is 0 Å². The molecule has 0 heterocycles. The first-order valence-electron chi connectivity index (χ1n) is 3.82. The van der Waals surface area contributed by atoms with E-state index in [4.69, 9.17) is 33.2 Å². The van der Waals surface area contributed by atoms with Gasteiger partial charge in [-0.25, -0.2) is 0 Å². The van der Waals surface area contributed by atoms with Gasteiger partial charge in [0.25, 0.3) is 0 Å². The van der Waals surface area contributed by atoms with Crippen molar-refractivity contribution in [3.8, 4) is 0 Å². The fourth-order valence-electron chi connectivity index (χ4n) is 2.16. The molecule has 3 atom stereocenters. The molecule has 2 rings (SSSR count). The van der Waals surface area contributed by atoms with Crippen LogP contribution in [0.15, 0.2) is 12.2 Å². The summed E-state index contributed by atoms with van der Waals surface area (Å²) in [5.74, 6) is 1.30. The Balaban J connectivity index is 2.15. The Labute approximate surface area is 81.6 Å². The molecule has 0 aliphatic heterocycles. The van der Waals surface area contributed by atoms with Gasteiger partial charge < -0.3 is 0 Å². The van der Waals surface area contributed by atoms with E-state index in [1.165, 1.54) is 6.42 Å². The smallest absolute Gasteiger partial charge is 0.126 e. The lowest BCUT2D eigenvalue weighted by Gasteiger charge is -2.22. The average molecular weight is 228 g/mol. The lowest BCUT2D eigenvalue weighted by atomic mass is 10.1. The molecule has 11 heavy (non-hydrogen) atoms. The highest BCUT2D eigenvalue weighted by Gasteiger charge is 2.48. The highest BCUT2D eigenvalue weighted by atomic mass is 35.8. The summed E-state index contributed by atoms with van der Waals surface area (Å²) in [7, 11) is 0. The second-order valence-electron chi connectivity index (χ2n) is 3.43. The number of halogens is 3. The number of allylic oxidation sites excluding steroid dienone is 2. The highest BCUT2D eigenvalue weighted by Crippen LogP contribution is 2.55. The third kappa shape index (κ3) is 1.49. The van der Waals surface area contributed by atoms with E-state index < -0.39 is 6.00 Å². The molecule has 2 aliphatic carbocycles. The van der Waals surface area contributed by atoms with Crippen LogP contribution in [-0.2, 0) is 0 Å². The number of hydrogen-bond acceptors (Lipinski definition) is 0. The summed E-state index contributed by atoms with van der Waals surface area (Å²) in [5.41, 5.74) is 0.391. The van der Waals surface area contributed by atoms with Crippen LogP contribution in [0.2, 0.25) is 5.54 Å². The molecule has 0 saturated heterocycles. The monoisotopic (exact) mass is 226 g/mol. The minimum atomic E-state index is -2.41. The lowest BCUT2D eigenvalue weighted by Crippen LogP contribution is -2.23. The van der Waals surface area contributed by atoms with Gasteiger partial charge in [-0.2, -0.15) is 0 Å². The van der Waals surface area contributed by atoms with Gasteiger partial charge in [0.15, 0.2) is 0 Å². The van der Waals surface area contributed by atoms with Crippen molar-refractivity contribution >= 4 is 39.2 Å². The van der Waals surface area contributed by atoms with Crippen LogP contribution in [0.4, 0.5) is 0 Å². The van der Waals surface area contributed by atoms with Crippen LogP contribution in [0, 0.1) is 11.8 Å². The molecule has 0 unspecified atom stereocenters. The molecule has 1 saturated carbocycles. The summed E-state index contributed by atoms with van der Waals surface area (Å²) in [6, 6.07) is -2.41. The van der Waals surface area contributed by atoms with Gasteiger partial charge in [-0.1, -0.05) is 12.2 Å². The van der Waals surface area contributed by atoms with E-state index in [1.807, 2.05) is 0 Å². The fourth-order valence-corrected chi connectivity index (χ4v) is 5.72. The van der Waals surface area contributed by atoms with Crippen LogP contribution < -0.4 is 0 Å². The van der Waals surface area contributed by atoms with Gasteiger partial charge in [-0.05, 0) is 24.7 Å². The average Bonchev–Trinajstić information content (AvgIpc) is 2.42. The molecule has 0 spiro atoms. The summed E-state index contributed by atoms with van der Waals surface area (Å²) in [5, 5.41) is 0. The summed E-state index contributed by atoms with van der Waals surface area (Å²) in [4.78, 5) is 0. The van der Waals surface area contributed by atoms with Gasteiger partial charge in [-0.15, -0.1) is 33.2 Å². The Kier molecular flexibility index (Phi) is 2.04. The Hall–Kier alpha value is 0.827. The molecule has 2 aliphatic rings. The van der Waals surface area contributed by atoms with E-state index in [1.54, 1.807) is 0 Å². The van der Waals surface area contributed by atoms with Gasteiger partial charge in [0, 0.05) is 5.54 Å². The number of fused-ring (bicyclic) bond motifs is 2. The zero-order valence-electron chi connectivity index (χ0n) is 5.93. The maximum atomic E-state index is 5.97. The quantitative estimate of drug-likeness (QED) is 0.365. The van der Waals surface area contributed by atoms with Crippen molar-refractivity contribution in [1.29, 1.82) is 0 Å². The van der Waals surface area contributed by atoms with Crippen LogP contribution in [0.3, 0.4) is 0 Å². The Morgan fingerprint density at radius 3 is 2.09 bits per heavy atom. The largest absolute Gasteiger partial charge is 0.344 e. The predicted molar refractivity (Wildman–Crippen MR) is 52.4 cm³/mol. The normalized spacial score (nSPS) is 41.9. The van der Waals surface area contributed by atoms with Crippen LogP contribution in [0.5, 0.6) is 0 Å². The summed E-state index contributed by atoms with van der Waals surface area (Å²) in [6.45, 7) is 0. The third-order valence-corrected chi connectivity index (χ3v) is 6.73. The van der Waals surface area contributed by atoms with Crippen molar-refractivity contribution in [2.75, 3.05) is 0 Å². The maximum Gasteiger partial charge on any atom is 0.344 e. The minimum Gasteiger partial charge on any atom is -0.126 e. The van der Waals surface area contributed by atoms with Gasteiger partial charge in [-0.3, -0.25) is 0 Å². The number of hydrogen-bond donors (Lipinski definition) is 0. The predicted octanol–water partition coefficient (Wildman–Crippen LogP) is 3.61. The van der Waals surface area contributed by atoms with Crippen LogP contribution in [0.1, 0.15) is 12.8 Å². The molecule has 0 radical (unpaired) electrons. The summed E-state index contributed by atoms with van der Waals surface area (Å²) in [6.07, 6.45) is 6.84. The second kappa shape index (κ2) is 2.66. The summed E-state index contributed by atoms with van der Waals surface area (Å²) < 4.78 is 0. The van der Waals surface area contributed by atoms with Gasteiger partial charge in [0.2, 0.25) is 0 Å². The minimum absolute atomic E-state index is 0.391. The molecule has 0 aromatic heterocycles. The van der Waals surface area contributed by atoms with Gasteiger partial charge in [0.1, 0.15) is 0 Å². The van der Waals surface area contributed by atoms with Crippen molar-refractivity contribution in [3.63, 3.8) is 0 Å². The zero-order chi connectivity index (χ0) is 8.06. The molecule has 0 amide bonds. The van der Waals surface area contributed by atoms with Gasteiger partial charge >= 0.3 is 6.00 Å². The standard InChI is InChI=1S/C7H9Cl3Si/c8-11(9,10)7-4-5-1-2-6(7)3-5/h1-2,5-7H,3-4H2/t5-,6-,7-/m0/s1. The van der Waals surface area contributed by atoms with Crippen molar-refractivity contribution in [3.05, 3.63) is 12.2 Å². The van der Waals surface area contributed by atoms with Crippen LogP contribution in [0.25, 0.3) is 0 Å². The molecule has 0 N–H and O–H groups in total. The highest BCUT2D eigenvalue weighted by molar-refractivity contribution is 7.65. The van der Waals surface area contributed by atoms with E-state index in [0.717, 1.165) is 6.42 Å². The first-order chi connectivity index (χ1) is 5.07. The summed E-state index contributed by atoms with van der Waals surface area (Å²) >= 11 is 17.9. The lowest BCUT2D eigenvalue weighted by molar-refractivity contribution is 0.689. The van der Waals surface area contributed by atoms with Crippen molar-refractivity contribution in [2.24, 2.45) is 11.8 Å². The van der Waals surface area contributed by atoms with E-state index in [0.29, 0.717) is 17.4 Å². The topological polar surface area (TPSA) is 0 Å². The van der Waals surface area contributed by atoms with Crippen LogP contribution >= 0.6 is 33.2 Å². The Morgan fingerprint density at radius 2 is 1.82 bits per heavy atom. The molecular formula is C7H9Cl3Si. The first kappa shape index (κ1) is 8.43. The SMILES string of the molecule is Cl[Si](Cl)(Cl)[C@H]1C[C@H]2C=C[C@H]1C2. The molecule has 1 fully saturated rings. The van der Waals surface area contributed by atoms with Crippen molar-refractivity contribution in [1.82, 2.24) is 0 Å². The molecule has 62 valence electrons. The molecule has 2 bridgehead atoms. The zero-order valence-corrected chi connectivity index (χ0v) is 9.20. The molecular weight excluding hydrogens is 219 g/mol. The third-order valence-electron chi connectivity index (χ3n) is 2.70. The van der Waals surface area contributed by atoms with Gasteiger partial charge in [0.05, 0.1) is 0 Å². The second-order valence-corrected chi connectivity index (χ2v) is 12.4. The number of rotatable bonds is 1. The van der Waals surface area contributed by atoms with E-state index >= 15 is 0 Å². The van der Waals surface area contributed by atoms with Crippen LogP contribution in [-0.4, -0.2) is 6.00 Å². The molecule has 0 aromatic carbocycles. The molecule has 4 heteroatoms. The first-order valence-corrected chi connectivity index (χ1v) is 8.93. The van der Waals surface area contributed by atoms with Crippen molar-refractivity contribution < 1.29 is 0 Å². The fraction of sp³-hybridized carbons (Fsp3) is 0.714. The molecule has 0 nitrogen and oxygen atoms in total. The Morgan fingerprint density at radius 1 is 1.09 bits per heavy atom. The van der Waals surface area contributed by atoms with Crippen molar-refractivity contribution in [2.45, 2.75) is 18.4 Å². The van der Waals surface area contributed by atoms with E-state index in [2.05, 4.69) is 12.2 Å².